The molecule has 2 atom stereocenters. The zero-order valence-electron chi connectivity index (χ0n) is 12.6. The predicted molar refractivity (Wildman–Crippen MR) is 82.3 cm³/mol. The van der Waals surface area contributed by atoms with Gasteiger partial charge in [0, 0.05) is 12.5 Å². The number of aliphatic hydroxyl groups excluding tert-OH is 1. The lowest BCUT2D eigenvalue weighted by molar-refractivity contribution is 0.155. The summed E-state index contributed by atoms with van der Waals surface area (Å²) in [6, 6.07) is 8.30. The molecule has 1 fully saturated rings. The van der Waals surface area contributed by atoms with Crippen molar-refractivity contribution >= 4 is 6.03 Å². The zero-order valence-corrected chi connectivity index (χ0v) is 12.6. The fourth-order valence-corrected chi connectivity index (χ4v) is 3.37. The third kappa shape index (κ3) is 3.05. The zero-order chi connectivity index (χ0) is 14.9. The monoisotopic (exact) mass is 288 g/mol. The number of amides is 2. The summed E-state index contributed by atoms with van der Waals surface area (Å²) in [4.78, 5) is 12.1. The Balaban J connectivity index is 1.53. The third-order valence-electron chi connectivity index (χ3n) is 4.97. The van der Waals surface area contributed by atoms with Crippen LogP contribution in [0.3, 0.4) is 0 Å². The SMILES string of the molecule is C[C@@](CO)(NC(=O)NC[C@@H]1CCc2ccccc21)C1CC1. The largest absolute Gasteiger partial charge is 0.394 e. The number of urea groups is 1. The summed E-state index contributed by atoms with van der Waals surface area (Å²) in [5, 5.41) is 15.4. The number of carbonyl (C=O) groups excluding carboxylic acids is 1. The van der Waals surface area contributed by atoms with Crippen LogP contribution < -0.4 is 10.6 Å². The molecule has 4 heteroatoms. The first-order valence-corrected chi connectivity index (χ1v) is 7.87. The van der Waals surface area contributed by atoms with E-state index in [1.807, 2.05) is 6.92 Å². The Morgan fingerprint density at radius 1 is 1.33 bits per heavy atom. The van der Waals surface area contributed by atoms with Crippen molar-refractivity contribution in [3.05, 3.63) is 35.4 Å². The average molecular weight is 288 g/mol. The Morgan fingerprint density at radius 3 is 2.81 bits per heavy atom. The Labute approximate surface area is 125 Å². The first kappa shape index (κ1) is 14.4. The molecule has 4 nitrogen and oxygen atoms in total. The van der Waals surface area contributed by atoms with Crippen molar-refractivity contribution in [2.75, 3.05) is 13.2 Å². The number of carbonyl (C=O) groups is 1. The molecule has 0 bridgehead atoms. The number of nitrogens with one attached hydrogen (secondary N) is 2. The highest BCUT2D eigenvalue weighted by Gasteiger charge is 2.42. The molecule has 0 heterocycles. The molecular formula is C17H24N2O2. The highest BCUT2D eigenvalue weighted by molar-refractivity contribution is 5.75. The highest BCUT2D eigenvalue weighted by Crippen LogP contribution is 2.39. The fourth-order valence-electron chi connectivity index (χ4n) is 3.37. The lowest BCUT2D eigenvalue weighted by Crippen LogP contribution is -2.54. The van der Waals surface area contributed by atoms with Gasteiger partial charge in [0.15, 0.2) is 0 Å². The van der Waals surface area contributed by atoms with Gasteiger partial charge in [-0.1, -0.05) is 24.3 Å². The summed E-state index contributed by atoms with van der Waals surface area (Å²) in [5.74, 6) is 0.828. The number of aryl methyl sites for hydroxylation is 1. The lowest BCUT2D eigenvalue weighted by atomic mass is 9.97. The summed E-state index contributed by atoms with van der Waals surface area (Å²) in [6.45, 7) is 2.58. The molecule has 1 saturated carbocycles. The van der Waals surface area contributed by atoms with E-state index in [1.165, 1.54) is 11.1 Å². The maximum absolute atomic E-state index is 12.1. The van der Waals surface area contributed by atoms with E-state index >= 15 is 0 Å². The van der Waals surface area contributed by atoms with Crippen LogP contribution in [0.4, 0.5) is 4.79 Å². The molecule has 2 aliphatic rings. The number of hydrogen-bond acceptors (Lipinski definition) is 2. The van der Waals surface area contributed by atoms with Crippen LogP contribution in [0.2, 0.25) is 0 Å². The molecular weight excluding hydrogens is 264 g/mol. The Kier molecular flexibility index (Phi) is 3.89. The minimum absolute atomic E-state index is 0.00263. The molecule has 1 aromatic rings. The fraction of sp³-hybridized carbons (Fsp3) is 0.588. The summed E-state index contributed by atoms with van der Waals surface area (Å²) in [6.07, 6.45) is 4.38. The number of fused-ring (bicyclic) bond motifs is 1. The molecule has 0 aromatic heterocycles. The first-order chi connectivity index (χ1) is 10.1. The van der Waals surface area contributed by atoms with E-state index in [1.54, 1.807) is 0 Å². The molecule has 0 spiro atoms. The minimum Gasteiger partial charge on any atom is -0.394 e. The lowest BCUT2D eigenvalue weighted by Gasteiger charge is -2.29. The van der Waals surface area contributed by atoms with Gasteiger partial charge in [-0.3, -0.25) is 0 Å². The maximum atomic E-state index is 12.1. The number of benzene rings is 1. The minimum atomic E-state index is -0.475. The van der Waals surface area contributed by atoms with Crippen LogP contribution in [0.1, 0.15) is 43.2 Å². The molecule has 1 aromatic carbocycles. The van der Waals surface area contributed by atoms with Gasteiger partial charge < -0.3 is 15.7 Å². The maximum Gasteiger partial charge on any atom is 0.315 e. The Morgan fingerprint density at radius 2 is 2.10 bits per heavy atom. The van der Waals surface area contributed by atoms with Crippen LogP contribution in [-0.4, -0.2) is 29.8 Å². The van der Waals surface area contributed by atoms with Crippen LogP contribution in [0.15, 0.2) is 24.3 Å². The number of hydrogen-bond donors (Lipinski definition) is 3. The summed E-state index contributed by atoms with van der Waals surface area (Å²) in [7, 11) is 0. The summed E-state index contributed by atoms with van der Waals surface area (Å²) >= 11 is 0. The van der Waals surface area contributed by atoms with Crippen LogP contribution in [-0.2, 0) is 6.42 Å². The van der Waals surface area contributed by atoms with Crippen LogP contribution >= 0.6 is 0 Å². The van der Waals surface area contributed by atoms with Gasteiger partial charge in [-0.25, -0.2) is 4.79 Å². The predicted octanol–water partition coefficient (Wildman–Crippen LogP) is 2.18. The van der Waals surface area contributed by atoms with Crippen molar-refractivity contribution in [1.82, 2.24) is 10.6 Å². The van der Waals surface area contributed by atoms with Gasteiger partial charge in [0.2, 0.25) is 0 Å². The van der Waals surface area contributed by atoms with Crippen LogP contribution in [0.5, 0.6) is 0 Å². The highest BCUT2D eigenvalue weighted by atomic mass is 16.3. The number of aliphatic hydroxyl groups is 1. The van der Waals surface area contributed by atoms with E-state index in [4.69, 9.17) is 0 Å². The normalized spacial score (nSPS) is 23.2. The van der Waals surface area contributed by atoms with Crippen molar-refractivity contribution < 1.29 is 9.90 Å². The molecule has 0 aliphatic heterocycles. The van der Waals surface area contributed by atoms with E-state index < -0.39 is 5.54 Å². The third-order valence-corrected chi connectivity index (χ3v) is 4.97. The van der Waals surface area contributed by atoms with Gasteiger partial charge in [0.05, 0.1) is 12.1 Å². The van der Waals surface area contributed by atoms with Gasteiger partial charge in [-0.05, 0) is 49.7 Å². The first-order valence-electron chi connectivity index (χ1n) is 7.87. The van der Waals surface area contributed by atoms with Crippen LogP contribution in [0.25, 0.3) is 0 Å². The number of rotatable bonds is 5. The average Bonchev–Trinajstić information content (AvgIpc) is 3.27. The standard InChI is InChI=1S/C17H24N2O2/c1-17(11-20,14-8-9-14)19-16(21)18-10-13-7-6-12-4-2-3-5-15(12)13/h2-5,13-14,20H,6-11H2,1H3,(H2,18,19,21)/t13-,17-/m0/s1. The van der Waals surface area contributed by atoms with Gasteiger partial charge in [0.25, 0.3) is 0 Å². The molecule has 21 heavy (non-hydrogen) atoms. The van der Waals surface area contributed by atoms with Crippen LogP contribution in [0, 0.1) is 5.92 Å². The van der Waals surface area contributed by atoms with Crippen molar-refractivity contribution in [3.8, 4) is 0 Å². The van der Waals surface area contributed by atoms with E-state index in [9.17, 15) is 9.90 Å². The van der Waals surface area contributed by atoms with Gasteiger partial charge >= 0.3 is 6.03 Å². The molecule has 0 unspecified atom stereocenters. The molecule has 0 radical (unpaired) electrons. The second kappa shape index (κ2) is 5.68. The Hall–Kier alpha value is -1.55. The Bertz CT molecular complexity index is 527. The van der Waals surface area contributed by atoms with Gasteiger partial charge in [0.1, 0.15) is 0 Å². The molecule has 3 N–H and O–H groups in total. The van der Waals surface area contributed by atoms with Crippen molar-refractivity contribution in [2.45, 2.75) is 44.1 Å². The summed E-state index contributed by atoms with van der Waals surface area (Å²) < 4.78 is 0. The molecule has 2 aliphatic carbocycles. The van der Waals surface area contributed by atoms with Crippen molar-refractivity contribution in [1.29, 1.82) is 0 Å². The van der Waals surface area contributed by atoms with Gasteiger partial charge in [-0.15, -0.1) is 0 Å². The van der Waals surface area contributed by atoms with E-state index in [0.29, 0.717) is 18.4 Å². The second-order valence-corrected chi connectivity index (χ2v) is 6.62. The van der Waals surface area contributed by atoms with E-state index in [-0.39, 0.29) is 12.6 Å². The van der Waals surface area contributed by atoms with E-state index in [2.05, 4.69) is 34.9 Å². The van der Waals surface area contributed by atoms with Crippen molar-refractivity contribution in [2.24, 2.45) is 5.92 Å². The smallest absolute Gasteiger partial charge is 0.315 e. The molecule has 114 valence electrons. The van der Waals surface area contributed by atoms with E-state index in [0.717, 1.165) is 25.7 Å². The topological polar surface area (TPSA) is 61.4 Å². The molecule has 3 rings (SSSR count). The molecule has 0 saturated heterocycles. The van der Waals surface area contributed by atoms with Crippen molar-refractivity contribution in [3.63, 3.8) is 0 Å². The summed E-state index contributed by atoms with van der Waals surface area (Å²) in [5.41, 5.74) is 2.30. The second-order valence-electron chi connectivity index (χ2n) is 6.62. The van der Waals surface area contributed by atoms with Gasteiger partial charge in [-0.2, -0.15) is 0 Å². The molecule has 2 amide bonds. The quantitative estimate of drug-likeness (QED) is 0.777.